The van der Waals surface area contributed by atoms with Gasteiger partial charge in [0.25, 0.3) is 0 Å². The first-order valence-corrected chi connectivity index (χ1v) is 9.11. The molecule has 2 N–H and O–H groups in total. The van der Waals surface area contributed by atoms with Gasteiger partial charge >= 0.3 is 0 Å². The van der Waals surface area contributed by atoms with E-state index < -0.39 is 0 Å². The lowest BCUT2D eigenvalue weighted by molar-refractivity contribution is -0.127. The minimum Gasteiger partial charge on any atom is -0.382 e. The molecule has 1 rings (SSSR count). The molecule has 2 amide bonds. The van der Waals surface area contributed by atoms with Gasteiger partial charge in [-0.05, 0) is 12.8 Å². The molecule has 1 aliphatic heterocycles. The van der Waals surface area contributed by atoms with E-state index in [9.17, 15) is 9.59 Å². The second-order valence-corrected chi connectivity index (χ2v) is 6.03. The number of nitrogens with one attached hydrogen (secondary N) is 2. The number of hydrogen-bond acceptors (Lipinski definition) is 7. The fourth-order valence-corrected chi connectivity index (χ4v) is 2.51. The van der Waals surface area contributed by atoms with Gasteiger partial charge in [0, 0.05) is 33.8 Å². The summed E-state index contributed by atoms with van der Waals surface area (Å²) in [5.41, 5.74) is 0. The summed E-state index contributed by atoms with van der Waals surface area (Å²) in [5.74, 6) is -0.125. The van der Waals surface area contributed by atoms with Crippen LogP contribution in [-0.4, -0.2) is 103 Å². The van der Waals surface area contributed by atoms with Gasteiger partial charge in [0.05, 0.1) is 45.7 Å². The standard InChI is InChI=1S/C17H33N3O6/c1-18-16(21)13-20-6-3-15(4-7-20)26-12-11-25-14-17(22)19-5-8-24-10-9-23-2/h15H,3-14H2,1-2H3,(H,18,21)(H,19,22). The first kappa shape index (κ1) is 22.8. The van der Waals surface area contributed by atoms with Crippen molar-refractivity contribution in [3.05, 3.63) is 0 Å². The molecule has 1 saturated heterocycles. The molecule has 1 aliphatic rings. The molecule has 0 aromatic carbocycles. The third-order valence-electron chi connectivity index (χ3n) is 4.00. The monoisotopic (exact) mass is 375 g/mol. The molecule has 9 heteroatoms. The molecule has 0 spiro atoms. The first-order valence-electron chi connectivity index (χ1n) is 9.11. The summed E-state index contributed by atoms with van der Waals surface area (Å²) in [7, 11) is 3.26. The van der Waals surface area contributed by atoms with Gasteiger partial charge in [-0.25, -0.2) is 0 Å². The fraction of sp³-hybridized carbons (Fsp3) is 0.882. The van der Waals surface area contributed by atoms with Crippen molar-refractivity contribution in [2.75, 3.05) is 80.0 Å². The quantitative estimate of drug-likeness (QED) is 0.376. The number of ether oxygens (including phenoxy) is 4. The molecule has 0 unspecified atom stereocenters. The molecular formula is C17H33N3O6. The second-order valence-electron chi connectivity index (χ2n) is 6.03. The Labute approximate surface area is 155 Å². The Morgan fingerprint density at radius 1 is 1.00 bits per heavy atom. The summed E-state index contributed by atoms with van der Waals surface area (Å²) in [6, 6.07) is 0. The average molecular weight is 375 g/mol. The summed E-state index contributed by atoms with van der Waals surface area (Å²) in [6.07, 6.45) is 2.00. The molecule has 152 valence electrons. The third-order valence-corrected chi connectivity index (χ3v) is 4.00. The molecular weight excluding hydrogens is 342 g/mol. The van der Waals surface area contributed by atoms with Crippen LogP contribution in [0, 0.1) is 0 Å². The van der Waals surface area contributed by atoms with Crippen molar-refractivity contribution < 1.29 is 28.5 Å². The van der Waals surface area contributed by atoms with E-state index in [4.69, 9.17) is 18.9 Å². The minimum absolute atomic E-state index is 0.0198. The Hall–Kier alpha value is -1.26. The number of rotatable bonds is 14. The van der Waals surface area contributed by atoms with Gasteiger partial charge in [-0.1, -0.05) is 0 Å². The van der Waals surface area contributed by atoms with Crippen LogP contribution in [-0.2, 0) is 28.5 Å². The van der Waals surface area contributed by atoms with E-state index in [1.807, 2.05) is 0 Å². The number of piperidine rings is 1. The Balaban J connectivity index is 1.91. The Morgan fingerprint density at radius 3 is 2.42 bits per heavy atom. The van der Waals surface area contributed by atoms with E-state index in [1.54, 1.807) is 14.2 Å². The highest BCUT2D eigenvalue weighted by atomic mass is 16.5. The van der Waals surface area contributed by atoms with Crippen LogP contribution in [0.25, 0.3) is 0 Å². The predicted molar refractivity (Wildman–Crippen MR) is 96.0 cm³/mol. The van der Waals surface area contributed by atoms with E-state index in [-0.39, 0.29) is 24.5 Å². The van der Waals surface area contributed by atoms with E-state index in [2.05, 4.69) is 15.5 Å². The zero-order valence-electron chi connectivity index (χ0n) is 16.0. The molecule has 1 fully saturated rings. The third kappa shape index (κ3) is 11.4. The predicted octanol–water partition coefficient (Wildman–Crippen LogP) is -0.991. The molecule has 0 bridgehead atoms. The smallest absolute Gasteiger partial charge is 0.246 e. The SMILES string of the molecule is CNC(=O)CN1CCC(OCCOCC(=O)NCCOCCOC)CC1. The zero-order valence-corrected chi connectivity index (χ0v) is 16.0. The van der Waals surface area contributed by atoms with Crippen LogP contribution in [0.3, 0.4) is 0 Å². The summed E-state index contributed by atoms with van der Waals surface area (Å²) in [6.45, 7) is 5.00. The zero-order chi connectivity index (χ0) is 19.0. The molecule has 1 heterocycles. The molecule has 0 aromatic heterocycles. The largest absolute Gasteiger partial charge is 0.382 e. The minimum atomic E-state index is -0.164. The topological polar surface area (TPSA) is 98.4 Å². The van der Waals surface area contributed by atoms with Gasteiger partial charge in [-0.15, -0.1) is 0 Å². The van der Waals surface area contributed by atoms with Gasteiger partial charge < -0.3 is 29.6 Å². The van der Waals surface area contributed by atoms with E-state index >= 15 is 0 Å². The number of methoxy groups -OCH3 is 1. The summed E-state index contributed by atoms with van der Waals surface area (Å²) < 4.78 is 21.2. The van der Waals surface area contributed by atoms with Gasteiger partial charge in [0.15, 0.2) is 0 Å². The summed E-state index contributed by atoms with van der Waals surface area (Å²) in [5, 5.41) is 5.35. The molecule has 26 heavy (non-hydrogen) atoms. The summed E-state index contributed by atoms with van der Waals surface area (Å²) >= 11 is 0. The number of amides is 2. The fourth-order valence-electron chi connectivity index (χ4n) is 2.51. The molecule has 0 atom stereocenters. The highest BCUT2D eigenvalue weighted by Gasteiger charge is 2.20. The lowest BCUT2D eigenvalue weighted by Crippen LogP contribution is -2.42. The van der Waals surface area contributed by atoms with Crippen LogP contribution in [0.15, 0.2) is 0 Å². The Morgan fingerprint density at radius 2 is 1.73 bits per heavy atom. The van der Waals surface area contributed by atoms with E-state index in [0.717, 1.165) is 25.9 Å². The molecule has 0 radical (unpaired) electrons. The van der Waals surface area contributed by atoms with Gasteiger partial charge in [-0.2, -0.15) is 0 Å². The van der Waals surface area contributed by atoms with Crippen LogP contribution in [0.2, 0.25) is 0 Å². The lowest BCUT2D eigenvalue weighted by atomic mass is 10.1. The van der Waals surface area contributed by atoms with Crippen LogP contribution in [0.5, 0.6) is 0 Å². The number of likely N-dealkylation sites (N-methyl/N-ethyl adjacent to an activating group) is 1. The van der Waals surface area contributed by atoms with Crippen LogP contribution in [0.4, 0.5) is 0 Å². The lowest BCUT2D eigenvalue weighted by Gasteiger charge is -2.31. The average Bonchev–Trinajstić information content (AvgIpc) is 2.65. The van der Waals surface area contributed by atoms with Crippen LogP contribution >= 0.6 is 0 Å². The van der Waals surface area contributed by atoms with Crippen molar-refractivity contribution in [1.82, 2.24) is 15.5 Å². The molecule has 9 nitrogen and oxygen atoms in total. The van der Waals surface area contributed by atoms with Crippen molar-refractivity contribution in [1.29, 1.82) is 0 Å². The molecule has 0 aliphatic carbocycles. The number of carbonyl (C=O) groups excluding carboxylic acids is 2. The number of carbonyl (C=O) groups is 2. The highest BCUT2D eigenvalue weighted by molar-refractivity contribution is 5.77. The van der Waals surface area contributed by atoms with Crippen molar-refractivity contribution in [3.8, 4) is 0 Å². The normalized spacial score (nSPS) is 15.8. The van der Waals surface area contributed by atoms with E-state index in [1.165, 1.54) is 0 Å². The van der Waals surface area contributed by atoms with Crippen LogP contribution in [0.1, 0.15) is 12.8 Å². The van der Waals surface area contributed by atoms with Gasteiger partial charge in [0.2, 0.25) is 11.8 Å². The van der Waals surface area contributed by atoms with Crippen molar-refractivity contribution in [2.45, 2.75) is 18.9 Å². The van der Waals surface area contributed by atoms with Gasteiger partial charge in [-0.3, -0.25) is 14.5 Å². The first-order chi connectivity index (χ1) is 12.7. The Bertz CT molecular complexity index is 389. The van der Waals surface area contributed by atoms with Crippen molar-refractivity contribution in [3.63, 3.8) is 0 Å². The number of nitrogens with zero attached hydrogens (tertiary/aromatic N) is 1. The van der Waals surface area contributed by atoms with Crippen molar-refractivity contribution in [2.24, 2.45) is 0 Å². The summed E-state index contributed by atoms with van der Waals surface area (Å²) in [4.78, 5) is 25.0. The maximum Gasteiger partial charge on any atom is 0.246 e. The maximum absolute atomic E-state index is 11.6. The maximum atomic E-state index is 11.6. The molecule has 0 saturated carbocycles. The highest BCUT2D eigenvalue weighted by Crippen LogP contribution is 2.13. The second kappa shape index (κ2) is 14.9. The molecule has 0 aromatic rings. The van der Waals surface area contributed by atoms with Crippen molar-refractivity contribution >= 4 is 11.8 Å². The van der Waals surface area contributed by atoms with E-state index in [0.29, 0.717) is 46.1 Å². The Kier molecular flexibility index (Phi) is 13.0. The number of hydrogen-bond donors (Lipinski definition) is 2. The van der Waals surface area contributed by atoms with Gasteiger partial charge in [0.1, 0.15) is 6.61 Å². The number of likely N-dealkylation sites (tertiary alicyclic amines) is 1. The van der Waals surface area contributed by atoms with Crippen LogP contribution < -0.4 is 10.6 Å².